The van der Waals surface area contributed by atoms with Crippen LogP contribution in [0.25, 0.3) is 5.82 Å². The Morgan fingerprint density at radius 2 is 2.17 bits per heavy atom. The third-order valence-corrected chi connectivity index (χ3v) is 4.74. The predicted molar refractivity (Wildman–Crippen MR) is 104 cm³/mol. The summed E-state index contributed by atoms with van der Waals surface area (Å²) in [6, 6.07) is 1.93. The van der Waals surface area contributed by atoms with Crippen molar-refractivity contribution in [3.05, 3.63) is 57.3 Å². The van der Waals surface area contributed by atoms with E-state index in [0.29, 0.717) is 16.9 Å². The lowest BCUT2D eigenvalue weighted by molar-refractivity contribution is -0.387. The Morgan fingerprint density at radius 1 is 1.40 bits per heavy atom. The molecule has 3 aromatic rings. The molecule has 0 spiro atoms. The maximum atomic E-state index is 13.9. The Labute approximate surface area is 169 Å². The number of aromatic nitrogens is 4. The lowest BCUT2D eigenvalue weighted by atomic mass is 10.2. The van der Waals surface area contributed by atoms with E-state index in [1.165, 1.54) is 11.8 Å². The van der Waals surface area contributed by atoms with E-state index in [9.17, 15) is 19.3 Å². The van der Waals surface area contributed by atoms with Crippen LogP contribution in [0.2, 0.25) is 0 Å². The summed E-state index contributed by atoms with van der Waals surface area (Å²) in [4.78, 5) is 30.2. The first-order chi connectivity index (χ1) is 14.4. The number of nitrogens with zero attached hydrogens (tertiary/aromatic N) is 5. The molecule has 1 aromatic carbocycles. The number of carbonyl (C=O) groups is 1. The minimum absolute atomic E-state index is 0.0576. The van der Waals surface area contributed by atoms with Gasteiger partial charge in [0.05, 0.1) is 29.0 Å². The van der Waals surface area contributed by atoms with Crippen LogP contribution < -0.4 is 10.1 Å². The van der Waals surface area contributed by atoms with Crippen molar-refractivity contribution < 1.29 is 18.8 Å². The molecule has 0 bridgehead atoms. The van der Waals surface area contributed by atoms with Crippen molar-refractivity contribution >= 4 is 23.6 Å². The molecule has 4 rings (SSSR count). The zero-order valence-electron chi connectivity index (χ0n) is 16.1. The topological polar surface area (TPSA) is 125 Å². The van der Waals surface area contributed by atoms with E-state index in [0.717, 1.165) is 37.0 Å². The Bertz CT molecular complexity index is 1160. The second kappa shape index (κ2) is 7.50. The highest BCUT2D eigenvalue weighted by Gasteiger charge is 2.29. The molecule has 11 heteroatoms. The van der Waals surface area contributed by atoms with Crippen LogP contribution in [-0.2, 0) is 0 Å². The number of nitrogens with one attached hydrogen (secondary N) is 1. The van der Waals surface area contributed by atoms with Gasteiger partial charge in [0.25, 0.3) is 0 Å². The summed E-state index contributed by atoms with van der Waals surface area (Å²) in [7, 11) is 1.32. The second-order valence-corrected chi connectivity index (χ2v) is 6.89. The van der Waals surface area contributed by atoms with Crippen molar-refractivity contribution in [2.75, 3.05) is 12.4 Å². The lowest BCUT2D eigenvalue weighted by Gasteiger charge is -2.12. The van der Waals surface area contributed by atoms with Gasteiger partial charge >= 0.3 is 5.69 Å². The third-order valence-electron chi connectivity index (χ3n) is 4.74. The molecule has 1 N–H and O–H groups in total. The standard InChI is InChI=1S/C19H17FN6O4/c1-10-7-21-19(22-14-6-15(26(28)29)13(20)5-16(14)30-2)23-18(10)25-8-12(9-27)17(24-25)11-3-4-11/h5-9,11H,3-4H2,1-2H3,(H,21,22,23). The number of aryl methyl sites for hydroxylation is 1. The molecule has 30 heavy (non-hydrogen) atoms. The highest BCUT2D eigenvalue weighted by atomic mass is 19.1. The number of nitro groups is 1. The smallest absolute Gasteiger partial charge is 0.307 e. The summed E-state index contributed by atoms with van der Waals surface area (Å²) < 4.78 is 20.5. The SMILES string of the molecule is COc1cc(F)c([N+](=O)[O-])cc1Nc1ncc(C)c(-n2cc(C=O)c(C3CC3)n2)n1. The van der Waals surface area contributed by atoms with E-state index in [-0.39, 0.29) is 23.3 Å². The van der Waals surface area contributed by atoms with Crippen molar-refractivity contribution in [3.63, 3.8) is 0 Å². The van der Waals surface area contributed by atoms with E-state index < -0.39 is 16.4 Å². The monoisotopic (exact) mass is 412 g/mol. The van der Waals surface area contributed by atoms with E-state index in [2.05, 4.69) is 20.4 Å². The number of hydrogen-bond donors (Lipinski definition) is 1. The van der Waals surface area contributed by atoms with E-state index >= 15 is 0 Å². The number of aldehydes is 1. The number of halogens is 1. The summed E-state index contributed by atoms with van der Waals surface area (Å²) in [5, 5.41) is 18.4. The van der Waals surface area contributed by atoms with Crippen LogP contribution in [-0.4, -0.2) is 38.1 Å². The minimum atomic E-state index is -1.02. The summed E-state index contributed by atoms with van der Waals surface area (Å²) in [6.45, 7) is 1.79. The number of anilines is 2. The predicted octanol–water partition coefficient (Wildman–Crippen LogP) is 3.46. The molecule has 0 unspecified atom stereocenters. The molecule has 0 atom stereocenters. The summed E-state index contributed by atoms with van der Waals surface area (Å²) in [6.07, 6.45) is 5.93. The molecule has 1 aliphatic carbocycles. The zero-order valence-corrected chi connectivity index (χ0v) is 16.1. The van der Waals surface area contributed by atoms with Crippen molar-refractivity contribution in [1.29, 1.82) is 0 Å². The summed E-state index contributed by atoms with van der Waals surface area (Å²) >= 11 is 0. The molecule has 0 aliphatic heterocycles. The number of methoxy groups -OCH3 is 1. The largest absolute Gasteiger partial charge is 0.494 e. The first-order valence-electron chi connectivity index (χ1n) is 9.09. The average Bonchev–Trinajstić information content (AvgIpc) is 3.48. The lowest BCUT2D eigenvalue weighted by Crippen LogP contribution is -2.07. The van der Waals surface area contributed by atoms with Gasteiger partial charge in [-0.3, -0.25) is 14.9 Å². The van der Waals surface area contributed by atoms with Crippen LogP contribution in [0.4, 0.5) is 21.7 Å². The number of benzene rings is 1. The van der Waals surface area contributed by atoms with E-state index in [4.69, 9.17) is 4.74 Å². The fourth-order valence-corrected chi connectivity index (χ4v) is 3.07. The van der Waals surface area contributed by atoms with Crippen molar-refractivity contribution in [3.8, 4) is 11.6 Å². The number of nitro benzene ring substituents is 1. The minimum Gasteiger partial charge on any atom is -0.494 e. The van der Waals surface area contributed by atoms with Gasteiger partial charge in [-0.25, -0.2) is 9.67 Å². The molecule has 2 heterocycles. The Balaban J connectivity index is 1.72. The van der Waals surface area contributed by atoms with Crippen molar-refractivity contribution in [2.24, 2.45) is 0 Å². The fraction of sp³-hybridized carbons (Fsp3) is 0.263. The zero-order chi connectivity index (χ0) is 21.4. The molecule has 0 amide bonds. The first kappa shape index (κ1) is 19.4. The average molecular weight is 412 g/mol. The van der Waals surface area contributed by atoms with Gasteiger partial charge in [-0.1, -0.05) is 0 Å². The molecular formula is C19H17FN6O4. The molecule has 2 aromatic heterocycles. The normalized spacial score (nSPS) is 13.2. The van der Waals surface area contributed by atoms with E-state index in [1.807, 2.05) is 0 Å². The van der Waals surface area contributed by atoms with Gasteiger partial charge < -0.3 is 10.1 Å². The van der Waals surface area contributed by atoms with Gasteiger partial charge in [-0.05, 0) is 19.8 Å². The first-order valence-corrected chi connectivity index (χ1v) is 9.09. The third kappa shape index (κ3) is 3.56. The van der Waals surface area contributed by atoms with Gasteiger partial charge in [0.15, 0.2) is 12.1 Å². The van der Waals surface area contributed by atoms with Gasteiger partial charge in [0.2, 0.25) is 11.8 Å². The number of ether oxygens (including phenoxy) is 1. The van der Waals surface area contributed by atoms with Crippen LogP contribution in [0, 0.1) is 22.9 Å². The van der Waals surface area contributed by atoms with Crippen LogP contribution >= 0.6 is 0 Å². The highest BCUT2D eigenvalue weighted by molar-refractivity contribution is 5.77. The number of carbonyl (C=O) groups excluding carboxylic acids is 1. The van der Waals surface area contributed by atoms with E-state index in [1.54, 1.807) is 19.3 Å². The molecule has 0 radical (unpaired) electrons. The second-order valence-electron chi connectivity index (χ2n) is 6.89. The Hall–Kier alpha value is -3.89. The van der Waals surface area contributed by atoms with Crippen LogP contribution in [0.1, 0.15) is 40.4 Å². The molecule has 154 valence electrons. The molecule has 1 aliphatic rings. The molecule has 0 saturated heterocycles. The van der Waals surface area contributed by atoms with Gasteiger partial charge in [0.1, 0.15) is 5.75 Å². The molecule has 1 fully saturated rings. The van der Waals surface area contributed by atoms with Crippen LogP contribution in [0.5, 0.6) is 5.75 Å². The fourth-order valence-electron chi connectivity index (χ4n) is 3.07. The van der Waals surface area contributed by atoms with Gasteiger partial charge in [0, 0.05) is 36.0 Å². The van der Waals surface area contributed by atoms with Gasteiger partial charge in [-0.15, -0.1) is 0 Å². The Kier molecular flexibility index (Phi) is 4.86. The Morgan fingerprint density at radius 3 is 2.80 bits per heavy atom. The maximum absolute atomic E-state index is 13.9. The molecule has 10 nitrogen and oxygen atoms in total. The highest BCUT2D eigenvalue weighted by Crippen LogP contribution is 2.40. The molecule has 1 saturated carbocycles. The summed E-state index contributed by atoms with van der Waals surface area (Å²) in [5.74, 6) is -0.125. The van der Waals surface area contributed by atoms with Crippen molar-refractivity contribution in [1.82, 2.24) is 19.7 Å². The van der Waals surface area contributed by atoms with Crippen LogP contribution in [0.3, 0.4) is 0 Å². The summed E-state index contributed by atoms with van der Waals surface area (Å²) in [5.41, 5.74) is 1.39. The number of rotatable bonds is 7. The molecular weight excluding hydrogens is 395 g/mol. The van der Waals surface area contributed by atoms with Gasteiger partial charge in [-0.2, -0.15) is 14.5 Å². The van der Waals surface area contributed by atoms with Crippen molar-refractivity contribution in [2.45, 2.75) is 25.7 Å². The van der Waals surface area contributed by atoms with Crippen LogP contribution in [0.15, 0.2) is 24.5 Å². The number of hydrogen-bond acceptors (Lipinski definition) is 8. The maximum Gasteiger partial charge on any atom is 0.307 e. The quantitative estimate of drug-likeness (QED) is 0.355.